The van der Waals surface area contributed by atoms with E-state index in [9.17, 15) is 4.79 Å². The Labute approximate surface area is 137 Å². The smallest absolute Gasteiger partial charge is 0.253 e. The highest BCUT2D eigenvalue weighted by Crippen LogP contribution is 2.31. The number of carbonyl (C=O) groups excluding carboxylic acids is 1. The summed E-state index contributed by atoms with van der Waals surface area (Å²) in [6.45, 7) is 7.35. The molecule has 1 aromatic rings. The summed E-state index contributed by atoms with van der Waals surface area (Å²) in [5, 5.41) is 3.94. The summed E-state index contributed by atoms with van der Waals surface area (Å²) in [5.41, 5.74) is 2.73. The second-order valence-electron chi connectivity index (χ2n) is 5.33. The van der Waals surface area contributed by atoms with Crippen LogP contribution in [0.15, 0.2) is 41.6 Å². The Kier molecular flexibility index (Phi) is 5.19. The van der Waals surface area contributed by atoms with Gasteiger partial charge in [-0.2, -0.15) is 0 Å². The first-order valence-corrected chi connectivity index (χ1v) is 8.01. The van der Waals surface area contributed by atoms with Crippen molar-refractivity contribution in [3.8, 4) is 0 Å². The van der Waals surface area contributed by atoms with Crippen molar-refractivity contribution in [2.45, 2.75) is 26.8 Å². The van der Waals surface area contributed by atoms with Gasteiger partial charge in [0.25, 0.3) is 5.91 Å². The minimum atomic E-state index is -0.196. The third-order valence-corrected chi connectivity index (χ3v) is 4.56. The molecule has 5 heteroatoms. The van der Waals surface area contributed by atoms with E-state index in [4.69, 9.17) is 12.2 Å². The SMILES string of the molecule is CCN(CC)C(=O)C1=C(C)N(C)C(=S)NC1c1ccccc1. The monoisotopic (exact) mass is 317 g/mol. The number of amides is 1. The number of hydrogen-bond acceptors (Lipinski definition) is 2. The molecule has 1 aliphatic heterocycles. The minimum absolute atomic E-state index is 0.0678. The maximum Gasteiger partial charge on any atom is 0.253 e. The van der Waals surface area contributed by atoms with E-state index in [0.29, 0.717) is 18.2 Å². The molecule has 0 saturated heterocycles. The highest BCUT2D eigenvalue weighted by molar-refractivity contribution is 7.80. The average Bonchev–Trinajstić information content (AvgIpc) is 2.54. The van der Waals surface area contributed by atoms with Gasteiger partial charge in [-0.25, -0.2) is 0 Å². The normalized spacial score (nSPS) is 18.3. The number of allylic oxidation sites excluding steroid dienone is 1. The predicted octanol–water partition coefficient (Wildman–Crippen LogP) is 2.69. The zero-order chi connectivity index (χ0) is 16.3. The van der Waals surface area contributed by atoms with E-state index >= 15 is 0 Å². The molecule has 22 heavy (non-hydrogen) atoms. The molecule has 0 saturated carbocycles. The fourth-order valence-electron chi connectivity index (χ4n) is 2.69. The van der Waals surface area contributed by atoms with E-state index in [1.165, 1.54) is 0 Å². The number of nitrogens with one attached hydrogen (secondary N) is 1. The highest BCUT2D eigenvalue weighted by atomic mass is 32.1. The summed E-state index contributed by atoms with van der Waals surface area (Å²) < 4.78 is 0. The van der Waals surface area contributed by atoms with E-state index in [1.807, 2.05) is 68.0 Å². The van der Waals surface area contributed by atoms with E-state index in [2.05, 4.69) is 5.32 Å². The molecule has 0 bridgehead atoms. The van der Waals surface area contributed by atoms with Crippen LogP contribution in [0, 0.1) is 0 Å². The maximum atomic E-state index is 13.0. The lowest BCUT2D eigenvalue weighted by Crippen LogP contribution is -2.48. The maximum absolute atomic E-state index is 13.0. The molecule has 1 unspecified atom stereocenters. The molecule has 0 radical (unpaired) electrons. The van der Waals surface area contributed by atoms with E-state index in [0.717, 1.165) is 16.8 Å². The molecule has 0 aliphatic carbocycles. The molecule has 1 heterocycles. The van der Waals surface area contributed by atoms with Crippen LogP contribution in [-0.2, 0) is 4.79 Å². The molecule has 0 aromatic heterocycles. The van der Waals surface area contributed by atoms with Crippen LogP contribution in [0.4, 0.5) is 0 Å². The molecule has 2 rings (SSSR count). The molecule has 1 amide bonds. The Morgan fingerprint density at radius 1 is 1.27 bits per heavy atom. The first-order valence-electron chi connectivity index (χ1n) is 7.60. The lowest BCUT2D eigenvalue weighted by atomic mass is 9.94. The van der Waals surface area contributed by atoms with Crippen molar-refractivity contribution < 1.29 is 4.79 Å². The van der Waals surface area contributed by atoms with Gasteiger partial charge in [-0.05, 0) is 38.6 Å². The molecule has 4 nitrogen and oxygen atoms in total. The van der Waals surface area contributed by atoms with Crippen LogP contribution in [0.1, 0.15) is 32.4 Å². The Morgan fingerprint density at radius 2 is 1.86 bits per heavy atom. The topological polar surface area (TPSA) is 35.6 Å². The Morgan fingerprint density at radius 3 is 2.41 bits per heavy atom. The molecule has 1 N–H and O–H groups in total. The van der Waals surface area contributed by atoms with Crippen molar-refractivity contribution in [2.75, 3.05) is 20.1 Å². The van der Waals surface area contributed by atoms with E-state index in [-0.39, 0.29) is 11.9 Å². The third kappa shape index (κ3) is 2.99. The molecule has 1 aromatic carbocycles. The molecular weight excluding hydrogens is 294 g/mol. The number of likely N-dealkylation sites (N-methyl/N-ethyl adjacent to an activating group) is 1. The Balaban J connectivity index is 2.51. The van der Waals surface area contributed by atoms with Gasteiger partial charge in [-0.15, -0.1) is 0 Å². The summed E-state index contributed by atoms with van der Waals surface area (Å²) in [4.78, 5) is 16.7. The first kappa shape index (κ1) is 16.5. The van der Waals surface area contributed by atoms with Crippen LogP contribution in [0.2, 0.25) is 0 Å². The zero-order valence-corrected chi connectivity index (χ0v) is 14.4. The molecular formula is C17H23N3OS. The van der Waals surface area contributed by atoms with Gasteiger partial charge in [0.05, 0.1) is 11.6 Å². The Bertz CT molecular complexity index is 593. The van der Waals surface area contributed by atoms with Crippen LogP contribution in [0.3, 0.4) is 0 Å². The second-order valence-corrected chi connectivity index (χ2v) is 5.72. The Hall–Kier alpha value is -1.88. The average molecular weight is 317 g/mol. The number of hydrogen-bond donors (Lipinski definition) is 1. The predicted molar refractivity (Wildman–Crippen MR) is 93.3 cm³/mol. The van der Waals surface area contributed by atoms with Crippen molar-refractivity contribution in [2.24, 2.45) is 0 Å². The fraction of sp³-hybridized carbons (Fsp3) is 0.412. The quantitative estimate of drug-likeness (QED) is 0.866. The second kappa shape index (κ2) is 6.92. The van der Waals surface area contributed by atoms with Crippen molar-refractivity contribution >= 4 is 23.2 Å². The minimum Gasteiger partial charge on any atom is -0.351 e. The van der Waals surface area contributed by atoms with E-state index < -0.39 is 0 Å². The van der Waals surface area contributed by atoms with Crippen molar-refractivity contribution in [1.29, 1.82) is 0 Å². The molecule has 118 valence electrons. The van der Waals surface area contributed by atoms with Crippen LogP contribution in [0.5, 0.6) is 0 Å². The van der Waals surface area contributed by atoms with Gasteiger partial charge in [-0.1, -0.05) is 30.3 Å². The molecule has 0 spiro atoms. The van der Waals surface area contributed by atoms with Gasteiger partial charge in [0, 0.05) is 25.8 Å². The fourth-order valence-corrected chi connectivity index (χ4v) is 2.94. The number of carbonyl (C=O) groups is 1. The summed E-state index contributed by atoms with van der Waals surface area (Å²) in [7, 11) is 1.89. The van der Waals surface area contributed by atoms with Gasteiger partial charge in [0.1, 0.15) is 0 Å². The standard InChI is InChI=1S/C17H23N3OS/c1-5-20(6-2)16(21)14-12(3)19(4)17(22)18-15(14)13-10-8-7-9-11-13/h7-11,15H,5-6H2,1-4H3,(H,18,22). The van der Waals surface area contributed by atoms with E-state index in [1.54, 1.807) is 0 Å². The first-order chi connectivity index (χ1) is 10.5. The van der Waals surface area contributed by atoms with Gasteiger partial charge in [0.2, 0.25) is 0 Å². The van der Waals surface area contributed by atoms with Crippen molar-refractivity contribution in [1.82, 2.24) is 15.1 Å². The number of benzene rings is 1. The lowest BCUT2D eigenvalue weighted by molar-refractivity contribution is -0.127. The van der Waals surface area contributed by atoms with Gasteiger partial charge in [0.15, 0.2) is 5.11 Å². The highest BCUT2D eigenvalue weighted by Gasteiger charge is 2.33. The number of thiocarbonyl (C=S) groups is 1. The van der Waals surface area contributed by atoms with Crippen LogP contribution in [-0.4, -0.2) is 41.0 Å². The van der Waals surface area contributed by atoms with Gasteiger partial charge < -0.3 is 15.1 Å². The van der Waals surface area contributed by atoms with Gasteiger partial charge >= 0.3 is 0 Å². The third-order valence-electron chi connectivity index (χ3n) is 4.17. The summed E-state index contributed by atoms with van der Waals surface area (Å²) in [6, 6.07) is 9.78. The summed E-state index contributed by atoms with van der Waals surface area (Å²) in [5.74, 6) is 0.0678. The number of nitrogens with zero attached hydrogens (tertiary/aromatic N) is 2. The van der Waals surface area contributed by atoms with Crippen LogP contribution in [0.25, 0.3) is 0 Å². The summed E-state index contributed by atoms with van der Waals surface area (Å²) in [6.07, 6.45) is 0. The number of rotatable bonds is 4. The summed E-state index contributed by atoms with van der Waals surface area (Å²) >= 11 is 5.40. The largest absolute Gasteiger partial charge is 0.351 e. The van der Waals surface area contributed by atoms with Crippen LogP contribution < -0.4 is 5.32 Å². The molecule has 0 fully saturated rings. The molecule has 1 aliphatic rings. The zero-order valence-electron chi connectivity index (χ0n) is 13.6. The molecule has 1 atom stereocenters. The van der Waals surface area contributed by atoms with Gasteiger partial charge in [-0.3, -0.25) is 4.79 Å². The van der Waals surface area contributed by atoms with Crippen LogP contribution >= 0.6 is 12.2 Å². The van der Waals surface area contributed by atoms with Crippen molar-refractivity contribution in [3.63, 3.8) is 0 Å². The van der Waals surface area contributed by atoms with Crippen molar-refractivity contribution in [3.05, 3.63) is 47.2 Å². The lowest BCUT2D eigenvalue weighted by Gasteiger charge is -2.37.